The highest BCUT2D eigenvalue weighted by atomic mass is 35.5. The van der Waals surface area contributed by atoms with Crippen molar-refractivity contribution in [2.24, 2.45) is 0 Å². The zero-order valence-corrected chi connectivity index (χ0v) is 14.2. The van der Waals surface area contributed by atoms with Crippen LogP contribution in [0.4, 0.5) is 26.3 Å². The van der Waals surface area contributed by atoms with E-state index in [1.54, 1.807) is 0 Å². The van der Waals surface area contributed by atoms with Crippen LogP contribution in [0, 0.1) is 0 Å². The smallest absolute Gasteiger partial charge is 0.504 e. The van der Waals surface area contributed by atoms with Crippen molar-refractivity contribution in [2.45, 2.75) is 18.6 Å². The summed E-state index contributed by atoms with van der Waals surface area (Å²) in [6.45, 7) is 0.722. The van der Waals surface area contributed by atoms with Gasteiger partial charge in [0.1, 0.15) is 6.04 Å². The van der Waals surface area contributed by atoms with Gasteiger partial charge in [-0.15, -0.1) is 38.0 Å². The summed E-state index contributed by atoms with van der Waals surface area (Å²) in [5.74, 6) is -2.22. The summed E-state index contributed by atoms with van der Waals surface area (Å²) < 4.78 is 80.6. The number of para-hydroxylation sites is 1. The molecule has 1 aromatic carbocycles. The summed E-state index contributed by atoms with van der Waals surface area (Å²) in [5, 5.41) is 12.7. The van der Waals surface area contributed by atoms with E-state index >= 15 is 0 Å². The number of hydrogen-bond acceptors (Lipinski definition) is 4. The molecule has 0 amide bonds. The van der Waals surface area contributed by atoms with Gasteiger partial charge in [0.25, 0.3) is 0 Å². The maximum absolute atomic E-state index is 13.4. The number of benzene rings is 1. The maximum atomic E-state index is 13.4. The molecule has 0 bridgehead atoms. The van der Waals surface area contributed by atoms with Gasteiger partial charge in [-0.3, -0.25) is 4.90 Å². The Morgan fingerprint density at radius 3 is 2.08 bits per heavy atom. The van der Waals surface area contributed by atoms with E-state index < -0.39 is 35.6 Å². The van der Waals surface area contributed by atoms with Crippen LogP contribution in [0.2, 0.25) is 0 Å². The number of phenols is 1. The molecule has 2 N–H and O–H groups in total. The minimum Gasteiger partial charge on any atom is -0.504 e. The molecule has 0 radical (unpaired) electrons. The Morgan fingerprint density at radius 2 is 1.60 bits per heavy atom. The van der Waals surface area contributed by atoms with E-state index in [0.717, 1.165) is 23.1 Å². The summed E-state index contributed by atoms with van der Waals surface area (Å²) in [5.41, 5.74) is -0.666. The standard InChI is InChI=1S/C13H14F6N2O2.2ClH/c14-12(15,16)11(21-6-4-20-5-7-21)8-2-1-3-9(10(8)22)23-13(17,18)19;;/h1-3,11,20,22H,4-7H2;2*1H/t11-;;/m1../s1. The molecule has 0 aromatic heterocycles. The third-order valence-electron chi connectivity index (χ3n) is 3.38. The zero-order valence-electron chi connectivity index (χ0n) is 12.5. The molecule has 2 rings (SSSR count). The van der Waals surface area contributed by atoms with Crippen LogP contribution in [0.15, 0.2) is 18.2 Å². The minimum atomic E-state index is -5.11. The molecule has 0 spiro atoms. The zero-order chi connectivity index (χ0) is 17.3. The van der Waals surface area contributed by atoms with Crippen LogP contribution in [0.5, 0.6) is 11.5 Å². The SMILES string of the molecule is Cl.Cl.Oc1c(OC(F)(F)F)cccc1[C@@H](N1CCNCC1)C(F)(F)F. The third-order valence-corrected chi connectivity index (χ3v) is 3.38. The van der Waals surface area contributed by atoms with Gasteiger partial charge in [-0.25, -0.2) is 0 Å². The van der Waals surface area contributed by atoms with Crippen LogP contribution in [-0.4, -0.2) is 48.7 Å². The highest BCUT2D eigenvalue weighted by Gasteiger charge is 2.46. The van der Waals surface area contributed by atoms with Crippen molar-refractivity contribution >= 4 is 24.8 Å². The van der Waals surface area contributed by atoms with Crippen molar-refractivity contribution < 1.29 is 36.2 Å². The topological polar surface area (TPSA) is 44.7 Å². The van der Waals surface area contributed by atoms with Crippen LogP contribution in [0.1, 0.15) is 11.6 Å². The van der Waals surface area contributed by atoms with Crippen LogP contribution < -0.4 is 10.1 Å². The van der Waals surface area contributed by atoms with Crippen LogP contribution in [0.3, 0.4) is 0 Å². The number of piperazine rings is 1. The number of nitrogens with zero attached hydrogens (tertiary/aromatic N) is 1. The fraction of sp³-hybridized carbons (Fsp3) is 0.538. The van der Waals surface area contributed by atoms with Gasteiger partial charge in [0.15, 0.2) is 11.5 Å². The van der Waals surface area contributed by atoms with Gasteiger partial charge < -0.3 is 15.2 Å². The highest BCUT2D eigenvalue weighted by Crippen LogP contribution is 2.45. The van der Waals surface area contributed by atoms with Crippen LogP contribution in [0.25, 0.3) is 0 Å². The molecule has 1 aliphatic rings. The van der Waals surface area contributed by atoms with E-state index in [1.165, 1.54) is 0 Å². The van der Waals surface area contributed by atoms with E-state index in [4.69, 9.17) is 0 Å². The lowest BCUT2D eigenvalue weighted by Crippen LogP contribution is -2.49. The van der Waals surface area contributed by atoms with E-state index in [-0.39, 0.29) is 37.9 Å². The monoisotopic (exact) mass is 416 g/mol. The first kappa shape index (κ1) is 23.9. The fourth-order valence-electron chi connectivity index (χ4n) is 2.49. The molecule has 25 heavy (non-hydrogen) atoms. The average Bonchev–Trinajstić information content (AvgIpc) is 2.41. The first-order valence-corrected chi connectivity index (χ1v) is 6.68. The van der Waals surface area contributed by atoms with Crippen molar-refractivity contribution in [1.29, 1.82) is 0 Å². The molecule has 1 fully saturated rings. The largest absolute Gasteiger partial charge is 0.573 e. The number of hydrogen-bond donors (Lipinski definition) is 2. The molecule has 0 saturated carbocycles. The Morgan fingerprint density at radius 1 is 1.04 bits per heavy atom. The normalized spacial score (nSPS) is 17.2. The third kappa shape index (κ3) is 6.28. The average molecular weight is 417 g/mol. The Hall–Kier alpha value is -1.10. The number of ether oxygens (including phenoxy) is 1. The molecule has 1 saturated heterocycles. The summed E-state index contributed by atoms with van der Waals surface area (Å²) in [7, 11) is 0. The number of nitrogens with one attached hydrogen (secondary N) is 1. The van der Waals surface area contributed by atoms with Gasteiger partial charge >= 0.3 is 12.5 Å². The predicted octanol–water partition coefficient (Wildman–Crippen LogP) is 3.64. The quantitative estimate of drug-likeness (QED) is 0.738. The Balaban J connectivity index is 0.00000288. The lowest BCUT2D eigenvalue weighted by molar-refractivity contribution is -0.275. The molecule has 4 nitrogen and oxygen atoms in total. The lowest BCUT2D eigenvalue weighted by Gasteiger charge is -2.36. The molecule has 0 unspecified atom stereocenters. The summed E-state index contributed by atoms with van der Waals surface area (Å²) >= 11 is 0. The van der Waals surface area contributed by atoms with Crippen molar-refractivity contribution in [3.8, 4) is 11.5 Å². The van der Waals surface area contributed by atoms with Gasteiger partial charge in [0, 0.05) is 31.7 Å². The van der Waals surface area contributed by atoms with Crippen molar-refractivity contribution in [1.82, 2.24) is 10.2 Å². The number of aromatic hydroxyl groups is 1. The Labute approximate surface area is 151 Å². The van der Waals surface area contributed by atoms with Crippen molar-refractivity contribution in [3.05, 3.63) is 23.8 Å². The fourth-order valence-corrected chi connectivity index (χ4v) is 2.49. The summed E-state index contributed by atoms with van der Waals surface area (Å²) in [6.07, 6.45) is -9.87. The lowest BCUT2D eigenvalue weighted by atomic mass is 10.0. The molecule has 0 aliphatic carbocycles. The van der Waals surface area contributed by atoms with E-state index in [0.29, 0.717) is 13.1 Å². The van der Waals surface area contributed by atoms with Gasteiger partial charge in [0.2, 0.25) is 0 Å². The van der Waals surface area contributed by atoms with E-state index in [1.807, 2.05) is 0 Å². The maximum Gasteiger partial charge on any atom is 0.573 e. The first-order valence-electron chi connectivity index (χ1n) is 6.68. The van der Waals surface area contributed by atoms with Crippen LogP contribution in [-0.2, 0) is 0 Å². The van der Waals surface area contributed by atoms with Gasteiger partial charge in [0.05, 0.1) is 0 Å². The molecule has 146 valence electrons. The summed E-state index contributed by atoms with van der Waals surface area (Å²) in [4.78, 5) is 1.06. The van der Waals surface area contributed by atoms with Gasteiger partial charge in [-0.2, -0.15) is 13.2 Å². The van der Waals surface area contributed by atoms with E-state index in [9.17, 15) is 31.4 Å². The second kappa shape index (κ2) is 9.02. The number of rotatable bonds is 3. The first-order chi connectivity index (χ1) is 10.6. The second-order valence-corrected chi connectivity index (χ2v) is 4.97. The van der Waals surface area contributed by atoms with Gasteiger partial charge in [-0.05, 0) is 6.07 Å². The molecule has 12 heteroatoms. The summed E-state index contributed by atoms with van der Waals surface area (Å²) in [6, 6.07) is 0.481. The Kier molecular flexibility index (Phi) is 8.62. The molecule has 1 aliphatic heterocycles. The predicted molar refractivity (Wildman–Crippen MR) is 82.5 cm³/mol. The number of halogens is 8. The molecule has 1 atom stereocenters. The minimum absolute atomic E-state index is 0. The van der Waals surface area contributed by atoms with Crippen LogP contribution >= 0.6 is 24.8 Å². The second-order valence-electron chi connectivity index (χ2n) is 4.97. The molecular weight excluding hydrogens is 401 g/mol. The molecular formula is C13H16Cl2F6N2O2. The van der Waals surface area contributed by atoms with Crippen molar-refractivity contribution in [2.75, 3.05) is 26.2 Å². The van der Waals surface area contributed by atoms with Crippen molar-refractivity contribution in [3.63, 3.8) is 0 Å². The number of phenolic OH excluding ortho intramolecular Hbond substituents is 1. The molecule has 1 heterocycles. The van der Waals surface area contributed by atoms with E-state index in [2.05, 4.69) is 10.1 Å². The highest BCUT2D eigenvalue weighted by molar-refractivity contribution is 5.85. The van der Waals surface area contributed by atoms with Gasteiger partial charge in [-0.1, -0.05) is 12.1 Å². The number of alkyl halides is 6. The molecule has 1 aromatic rings. The Bertz CT molecular complexity index is 550.